The molecule has 36 heavy (non-hydrogen) atoms. The maximum absolute atomic E-state index is 13.5. The number of amides is 2. The van der Waals surface area contributed by atoms with Crippen LogP contribution in [0, 0.1) is 11.8 Å². The number of aliphatic hydroxyl groups excluding tert-OH is 1. The summed E-state index contributed by atoms with van der Waals surface area (Å²) in [6, 6.07) is 12.9. The number of ether oxygens (including phenoxy) is 2. The van der Waals surface area contributed by atoms with Crippen LogP contribution in [0.1, 0.15) is 42.6 Å². The monoisotopic (exact) mass is 495 g/mol. The van der Waals surface area contributed by atoms with Gasteiger partial charge in [-0.25, -0.2) is 0 Å². The first-order chi connectivity index (χ1) is 17.3. The molecule has 0 saturated heterocycles. The molecule has 0 unspecified atom stereocenters. The Labute approximate surface area is 213 Å². The van der Waals surface area contributed by atoms with E-state index in [1.807, 2.05) is 38.2 Å². The van der Waals surface area contributed by atoms with Crippen molar-refractivity contribution >= 4 is 17.5 Å². The third-order valence-corrected chi connectivity index (χ3v) is 7.00. The quantitative estimate of drug-likeness (QED) is 0.554. The lowest BCUT2D eigenvalue weighted by Gasteiger charge is -2.38. The number of nitrogens with one attached hydrogen (secondary N) is 1. The number of methoxy groups -OCH3 is 1. The number of carbonyl (C=O) groups is 2. The number of rotatable bonds is 9. The molecule has 1 aliphatic heterocycles. The zero-order valence-electron chi connectivity index (χ0n) is 21.6. The Hall–Kier alpha value is -3.10. The summed E-state index contributed by atoms with van der Waals surface area (Å²) in [6.45, 7) is 5.57. The maximum atomic E-state index is 13.5. The molecule has 0 aromatic heterocycles. The van der Waals surface area contributed by atoms with Gasteiger partial charge in [-0.3, -0.25) is 14.5 Å². The molecule has 8 nitrogen and oxygen atoms in total. The fourth-order valence-electron chi connectivity index (χ4n) is 4.55. The molecule has 1 fully saturated rings. The van der Waals surface area contributed by atoms with Crippen molar-refractivity contribution in [1.82, 2.24) is 9.80 Å². The minimum Gasteiger partial charge on any atom is -0.497 e. The van der Waals surface area contributed by atoms with Crippen LogP contribution in [0.25, 0.3) is 0 Å². The molecule has 2 aromatic rings. The number of hydrogen-bond donors (Lipinski definition) is 2. The van der Waals surface area contributed by atoms with Crippen molar-refractivity contribution in [2.75, 3.05) is 39.2 Å². The van der Waals surface area contributed by atoms with Gasteiger partial charge in [-0.1, -0.05) is 25.1 Å². The summed E-state index contributed by atoms with van der Waals surface area (Å²) in [6.07, 6.45) is 1.53. The standard InChI is InChI=1S/C28H37N3O5/c1-18-14-31(19(2)17-32)28(34)23-6-5-7-24(29-27(33)21-10-11-21)26(23)36-25(18)16-30(3)15-20-8-12-22(35-4)13-9-20/h5-9,12-13,18-19,21,25,32H,10-11,14-17H2,1-4H3,(H,29,33)/t18-,19+,25+/m1/s1. The second-order valence-electron chi connectivity index (χ2n) is 10.1. The van der Waals surface area contributed by atoms with Gasteiger partial charge in [0.25, 0.3) is 5.91 Å². The number of nitrogens with zero attached hydrogens (tertiary/aromatic N) is 2. The van der Waals surface area contributed by atoms with E-state index in [1.54, 1.807) is 30.2 Å². The van der Waals surface area contributed by atoms with Crippen LogP contribution in [0.5, 0.6) is 11.5 Å². The summed E-state index contributed by atoms with van der Waals surface area (Å²) in [5.41, 5.74) is 2.07. The van der Waals surface area contributed by atoms with E-state index in [1.165, 1.54) is 0 Å². The molecule has 0 spiro atoms. The molecule has 0 bridgehead atoms. The zero-order chi connectivity index (χ0) is 25.8. The third kappa shape index (κ3) is 5.99. The first-order valence-electron chi connectivity index (χ1n) is 12.6. The molecular formula is C28H37N3O5. The summed E-state index contributed by atoms with van der Waals surface area (Å²) in [7, 11) is 3.69. The Morgan fingerprint density at radius 1 is 1.25 bits per heavy atom. The number of aliphatic hydroxyl groups is 1. The number of anilines is 1. The SMILES string of the molecule is COc1ccc(CN(C)C[C@@H]2Oc3c(NC(=O)C4CC4)cccc3C(=O)N([C@@H](C)CO)C[C@H]2C)cc1. The number of likely N-dealkylation sites (N-methyl/N-ethyl adjacent to an activating group) is 1. The van der Waals surface area contributed by atoms with E-state index in [4.69, 9.17) is 9.47 Å². The van der Waals surface area contributed by atoms with Gasteiger partial charge in [0, 0.05) is 31.5 Å². The van der Waals surface area contributed by atoms with Gasteiger partial charge in [-0.05, 0) is 56.6 Å². The number of para-hydroxylation sites is 1. The smallest absolute Gasteiger partial charge is 0.258 e. The van der Waals surface area contributed by atoms with Gasteiger partial charge in [-0.2, -0.15) is 0 Å². The second-order valence-corrected chi connectivity index (χ2v) is 10.1. The van der Waals surface area contributed by atoms with Crippen LogP contribution in [-0.2, 0) is 11.3 Å². The van der Waals surface area contributed by atoms with Gasteiger partial charge in [0.1, 0.15) is 11.9 Å². The Morgan fingerprint density at radius 3 is 2.61 bits per heavy atom. The molecule has 2 N–H and O–H groups in total. The first-order valence-corrected chi connectivity index (χ1v) is 12.6. The van der Waals surface area contributed by atoms with Crippen molar-refractivity contribution in [3.63, 3.8) is 0 Å². The van der Waals surface area contributed by atoms with E-state index >= 15 is 0 Å². The van der Waals surface area contributed by atoms with Crippen LogP contribution in [0.2, 0.25) is 0 Å². The van der Waals surface area contributed by atoms with Gasteiger partial charge >= 0.3 is 0 Å². The Bertz CT molecular complexity index is 1070. The Morgan fingerprint density at radius 2 is 1.97 bits per heavy atom. The summed E-state index contributed by atoms with van der Waals surface area (Å²) < 4.78 is 11.8. The minimum atomic E-state index is -0.340. The summed E-state index contributed by atoms with van der Waals surface area (Å²) >= 11 is 0. The lowest BCUT2D eigenvalue weighted by molar-refractivity contribution is -0.117. The predicted octanol–water partition coefficient (Wildman–Crippen LogP) is 3.40. The zero-order valence-corrected chi connectivity index (χ0v) is 21.6. The van der Waals surface area contributed by atoms with Crippen LogP contribution in [0.4, 0.5) is 5.69 Å². The second kappa shape index (κ2) is 11.3. The predicted molar refractivity (Wildman–Crippen MR) is 138 cm³/mol. The molecule has 0 radical (unpaired) electrons. The first kappa shape index (κ1) is 26.0. The topological polar surface area (TPSA) is 91.3 Å². The van der Waals surface area contributed by atoms with E-state index in [0.29, 0.717) is 30.1 Å². The molecular weight excluding hydrogens is 458 g/mol. The lowest BCUT2D eigenvalue weighted by atomic mass is 9.98. The van der Waals surface area contributed by atoms with E-state index in [9.17, 15) is 14.7 Å². The molecule has 2 amide bonds. The fraction of sp³-hybridized carbons (Fsp3) is 0.500. The summed E-state index contributed by atoms with van der Waals surface area (Å²) in [5, 5.41) is 12.8. The van der Waals surface area contributed by atoms with Gasteiger partial charge in [0.05, 0.1) is 31.0 Å². The van der Waals surface area contributed by atoms with E-state index in [0.717, 1.165) is 30.7 Å². The maximum Gasteiger partial charge on any atom is 0.258 e. The third-order valence-electron chi connectivity index (χ3n) is 7.00. The normalized spacial score (nSPS) is 20.7. The highest BCUT2D eigenvalue weighted by molar-refractivity contribution is 6.02. The molecule has 8 heteroatoms. The van der Waals surface area contributed by atoms with Crippen molar-refractivity contribution < 1.29 is 24.2 Å². The lowest BCUT2D eigenvalue weighted by Crippen LogP contribution is -2.49. The van der Waals surface area contributed by atoms with Crippen molar-refractivity contribution in [2.45, 2.75) is 45.4 Å². The van der Waals surface area contributed by atoms with Crippen LogP contribution >= 0.6 is 0 Å². The molecule has 1 heterocycles. The molecule has 1 aliphatic carbocycles. The van der Waals surface area contributed by atoms with Gasteiger partial charge < -0.3 is 24.8 Å². The van der Waals surface area contributed by atoms with Crippen molar-refractivity contribution in [3.8, 4) is 11.5 Å². The molecule has 2 aliphatic rings. The molecule has 2 aromatic carbocycles. The number of benzene rings is 2. The van der Waals surface area contributed by atoms with Crippen LogP contribution in [-0.4, -0.2) is 72.7 Å². The van der Waals surface area contributed by atoms with E-state index in [2.05, 4.69) is 17.1 Å². The molecule has 3 atom stereocenters. The molecule has 1 saturated carbocycles. The average molecular weight is 496 g/mol. The van der Waals surface area contributed by atoms with Crippen molar-refractivity contribution in [2.24, 2.45) is 11.8 Å². The van der Waals surface area contributed by atoms with Gasteiger partial charge in [0.15, 0.2) is 5.75 Å². The van der Waals surface area contributed by atoms with Crippen LogP contribution in [0.15, 0.2) is 42.5 Å². The summed E-state index contributed by atoms with van der Waals surface area (Å²) in [4.78, 5) is 30.0. The highest BCUT2D eigenvalue weighted by atomic mass is 16.5. The number of fused-ring (bicyclic) bond motifs is 1. The Kier molecular flexibility index (Phi) is 8.16. The minimum absolute atomic E-state index is 0.0124. The summed E-state index contributed by atoms with van der Waals surface area (Å²) in [5.74, 6) is 0.997. The molecule has 194 valence electrons. The highest BCUT2D eigenvalue weighted by Gasteiger charge is 2.36. The van der Waals surface area contributed by atoms with Gasteiger partial charge in [0.2, 0.25) is 5.91 Å². The largest absolute Gasteiger partial charge is 0.497 e. The van der Waals surface area contributed by atoms with Crippen LogP contribution < -0.4 is 14.8 Å². The highest BCUT2D eigenvalue weighted by Crippen LogP contribution is 2.37. The van der Waals surface area contributed by atoms with Crippen LogP contribution in [0.3, 0.4) is 0 Å². The fourth-order valence-corrected chi connectivity index (χ4v) is 4.55. The van der Waals surface area contributed by atoms with E-state index in [-0.39, 0.29) is 42.4 Å². The van der Waals surface area contributed by atoms with Gasteiger partial charge in [-0.15, -0.1) is 0 Å². The number of carbonyl (C=O) groups excluding carboxylic acids is 2. The van der Waals surface area contributed by atoms with E-state index < -0.39 is 0 Å². The number of hydrogen-bond acceptors (Lipinski definition) is 6. The van der Waals surface area contributed by atoms with Crippen molar-refractivity contribution in [3.05, 3.63) is 53.6 Å². The average Bonchev–Trinajstić information content (AvgIpc) is 3.72. The Balaban J connectivity index is 1.61. The molecule has 4 rings (SSSR count). The van der Waals surface area contributed by atoms with Crippen molar-refractivity contribution in [1.29, 1.82) is 0 Å².